The van der Waals surface area contributed by atoms with E-state index in [1.165, 1.54) is 0 Å². The lowest BCUT2D eigenvalue weighted by Crippen LogP contribution is -1.76. The quantitative estimate of drug-likeness (QED) is 0.658. The Morgan fingerprint density at radius 3 is 2.25 bits per heavy atom. The SMILES string of the molecule is Clc1ccc(Sc2ccc(Br)cc2Cl)cc1. The Morgan fingerprint density at radius 1 is 0.938 bits per heavy atom. The fraction of sp³-hybridized carbons (Fsp3) is 0. The molecule has 0 heterocycles. The fourth-order valence-corrected chi connectivity index (χ4v) is 2.92. The maximum absolute atomic E-state index is 6.13. The summed E-state index contributed by atoms with van der Waals surface area (Å²) >= 11 is 17.0. The van der Waals surface area contributed by atoms with E-state index in [1.54, 1.807) is 11.8 Å². The van der Waals surface area contributed by atoms with Crippen molar-refractivity contribution in [3.05, 3.63) is 57.0 Å². The Hall–Kier alpha value is -0.150. The van der Waals surface area contributed by atoms with Gasteiger partial charge < -0.3 is 0 Å². The number of rotatable bonds is 2. The predicted molar refractivity (Wildman–Crippen MR) is 74.7 cm³/mol. The third-order valence-corrected chi connectivity index (χ3v) is 4.19. The van der Waals surface area contributed by atoms with Gasteiger partial charge in [-0.1, -0.05) is 50.9 Å². The van der Waals surface area contributed by atoms with E-state index in [0.29, 0.717) is 0 Å². The summed E-state index contributed by atoms with van der Waals surface area (Å²) in [6, 6.07) is 13.6. The van der Waals surface area contributed by atoms with E-state index in [-0.39, 0.29) is 0 Å². The van der Waals surface area contributed by atoms with Gasteiger partial charge in [-0.05, 0) is 42.5 Å². The Morgan fingerprint density at radius 2 is 1.62 bits per heavy atom. The molecule has 0 radical (unpaired) electrons. The number of halogens is 3. The highest BCUT2D eigenvalue weighted by Gasteiger charge is 2.03. The van der Waals surface area contributed by atoms with Gasteiger partial charge in [-0.15, -0.1) is 0 Å². The molecule has 0 unspecified atom stereocenters. The van der Waals surface area contributed by atoms with Crippen molar-refractivity contribution in [1.82, 2.24) is 0 Å². The van der Waals surface area contributed by atoms with Crippen LogP contribution in [0.25, 0.3) is 0 Å². The van der Waals surface area contributed by atoms with Crippen molar-refractivity contribution in [2.75, 3.05) is 0 Å². The summed E-state index contributed by atoms with van der Waals surface area (Å²) in [4.78, 5) is 2.15. The first kappa shape index (κ1) is 12.3. The smallest absolute Gasteiger partial charge is 0.0556 e. The summed E-state index contributed by atoms with van der Waals surface area (Å²) in [7, 11) is 0. The normalized spacial score (nSPS) is 10.4. The molecule has 0 aliphatic heterocycles. The molecule has 0 aliphatic carbocycles. The lowest BCUT2D eigenvalue weighted by atomic mass is 10.4. The highest BCUT2D eigenvalue weighted by molar-refractivity contribution is 9.10. The molecule has 0 nitrogen and oxygen atoms in total. The molecule has 2 rings (SSSR count). The maximum atomic E-state index is 6.13. The second-order valence-electron chi connectivity index (χ2n) is 3.13. The molecule has 2 aromatic carbocycles. The summed E-state index contributed by atoms with van der Waals surface area (Å²) in [6.07, 6.45) is 0. The molecule has 0 aliphatic rings. The van der Waals surface area contributed by atoms with Crippen LogP contribution in [0.5, 0.6) is 0 Å². The number of benzene rings is 2. The molecule has 4 heteroatoms. The van der Waals surface area contributed by atoms with Gasteiger partial charge >= 0.3 is 0 Å². The Balaban J connectivity index is 2.23. The van der Waals surface area contributed by atoms with E-state index in [1.807, 2.05) is 42.5 Å². The van der Waals surface area contributed by atoms with Gasteiger partial charge in [0, 0.05) is 19.3 Å². The molecule has 0 aromatic heterocycles. The average Bonchev–Trinajstić information content (AvgIpc) is 2.25. The summed E-state index contributed by atoms with van der Waals surface area (Å²) in [5.74, 6) is 0. The second-order valence-corrected chi connectivity index (χ2v) is 6.01. The maximum Gasteiger partial charge on any atom is 0.0556 e. The van der Waals surface area contributed by atoms with Crippen LogP contribution in [0.1, 0.15) is 0 Å². The molecular weight excluding hydrogens is 327 g/mol. The van der Waals surface area contributed by atoms with E-state index in [9.17, 15) is 0 Å². The molecule has 0 saturated heterocycles. The predicted octanol–water partition coefficient (Wildman–Crippen LogP) is 5.91. The third-order valence-electron chi connectivity index (χ3n) is 1.94. The van der Waals surface area contributed by atoms with Crippen molar-refractivity contribution in [3.63, 3.8) is 0 Å². The van der Waals surface area contributed by atoms with Crippen LogP contribution < -0.4 is 0 Å². The van der Waals surface area contributed by atoms with E-state index in [4.69, 9.17) is 23.2 Å². The Labute approximate surface area is 117 Å². The molecule has 0 amide bonds. The first-order valence-electron chi connectivity index (χ1n) is 4.53. The van der Waals surface area contributed by atoms with Gasteiger partial charge in [0.2, 0.25) is 0 Å². The molecule has 2 aromatic rings. The second kappa shape index (κ2) is 5.46. The van der Waals surface area contributed by atoms with E-state index < -0.39 is 0 Å². The molecule has 16 heavy (non-hydrogen) atoms. The van der Waals surface area contributed by atoms with Crippen molar-refractivity contribution in [2.24, 2.45) is 0 Å². The third kappa shape index (κ3) is 3.17. The van der Waals surface area contributed by atoms with Crippen LogP contribution in [0.4, 0.5) is 0 Å². The van der Waals surface area contributed by atoms with E-state index >= 15 is 0 Å². The number of hydrogen-bond donors (Lipinski definition) is 0. The fourth-order valence-electron chi connectivity index (χ4n) is 1.19. The summed E-state index contributed by atoms with van der Waals surface area (Å²) in [5.41, 5.74) is 0. The van der Waals surface area contributed by atoms with Gasteiger partial charge in [0.15, 0.2) is 0 Å². The molecule has 0 bridgehead atoms. The lowest BCUT2D eigenvalue weighted by molar-refractivity contribution is 1.40. The van der Waals surface area contributed by atoms with E-state index in [2.05, 4.69) is 15.9 Å². The zero-order valence-corrected chi connectivity index (χ0v) is 12.0. The van der Waals surface area contributed by atoms with Crippen molar-refractivity contribution in [3.8, 4) is 0 Å². The highest BCUT2D eigenvalue weighted by Crippen LogP contribution is 2.35. The van der Waals surface area contributed by atoms with Crippen LogP contribution in [0.2, 0.25) is 10.0 Å². The minimum atomic E-state index is 0.742. The van der Waals surface area contributed by atoms with Crippen molar-refractivity contribution in [1.29, 1.82) is 0 Å². The summed E-state index contributed by atoms with van der Waals surface area (Å²) < 4.78 is 0.984. The van der Waals surface area contributed by atoms with Gasteiger partial charge in [0.05, 0.1) is 5.02 Å². The molecule has 0 N–H and O–H groups in total. The zero-order chi connectivity index (χ0) is 11.5. The largest absolute Gasteiger partial charge is 0.0885 e. The van der Waals surface area contributed by atoms with Crippen LogP contribution in [-0.2, 0) is 0 Å². The molecule has 0 fully saturated rings. The average molecular weight is 334 g/mol. The monoisotopic (exact) mass is 332 g/mol. The Bertz CT molecular complexity index is 497. The van der Waals surface area contributed by atoms with Crippen LogP contribution in [0.3, 0.4) is 0 Å². The minimum absolute atomic E-state index is 0.742. The highest BCUT2D eigenvalue weighted by atomic mass is 79.9. The first-order valence-corrected chi connectivity index (χ1v) is 6.90. The van der Waals surface area contributed by atoms with Gasteiger partial charge in [0.25, 0.3) is 0 Å². The topological polar surface area (TPSA) is 0 Å². The lowest BCUT2D eigenvalue weighted by Gasteiger charge is -2.04. The zero-order valence-electron chi connectivity index (χ0n) is 8.08. The molecule has 0 saturated carbocycles. The standard InChI is InChI=1S/C12H7BrCl2S/c13-8-1-6-12(11(15)7-8)16-10-4-2-9(14)3-5-10/h1-7H. The van der Waals surface area contributed by atoms with E-state index in [0.717, 1.165) is 24.3 Å². The van der Waals surface area contributed by atoms with Gasteiger partial charge in [-0.25, -0.2) is 0 Å². The molecule has 0 atom stereocenters. The summed E-state index contributed by atoms with van der Waals surface area (Å²) in [5, 5.41) is 1.49. The van der Waals surface area contributed by atoms with Gasteiger partial charge in [-0.2, -0.15) is 0 Å². The summed E-state index contributed by atoms with van der Waals surface area (Å²) in [6.45, 7) is 0. The number of hydrogen-bond acceptors (Lipinski definition) is 1. The van der Waals surface area contributed by atoms with Crippen LogP contribution in [-0.4, -0.2) is 0 Å². The minimum Gasteiger partial charge on any atom is -0.0885 e. The van der Waals surface area contributed by atoms with Gasteiger partial charge in [0.1, 0.15) is 0 Å². The Kier molecular flexibility index (Phi) is 4.20. The molecular formula is C12H7BrCl2S. The van der Waals surface area contributed by atoms with Crippen molar-refractivity contribution >= 4 is 50.9 Å². The van der Waals surface area contributed by atoms with Crippen LogP contribution >= 0.6 is 50.9 Å². The molecule has 82 valence electrons. The van der Waals surface area contributed by atoms with Gasteiger partial charge in [-0.3, -0.25) is 0 Å². The van der Waals surface area contributed by atoms with Crippen molar-refractivity contribution in [2.45, 2.75) is 9.79 Å². The molecule has 0 spiro atoms. The van der Waals surface area contributed by atoms with Crippen molar-refractivity contribution < 1.29 is 0 Å². The first-order chi connectivity index (χ1) is 7.65. The van der Waals surface area contributed by atoms with Crippen LogP contribution in [0.15, 0.2) is 56.7 Å². The van der Waals surface area contributed by atoms with Crippen LogP contribution in [0, 0.1) is 0 Å².